The molecule has 0 aliphatic heterocycles. The van der Waals surface area contributed by atoms with E-state index in [1.807, 2.05) is 60.8 Å². The second-order valence-electron chi connectivity index (χ2n) is 16.6. The number of aromatic nitrogens is 3. The number of benzene rings is 6. The Morgan fingerprint density at radius 2 is 1.21 bits per heavy atom. The summed E-state index contributed by atoms with van der Waals surface area (Å²) >= 11 is 0. The van der Waals surface area contributed by atoms with Crippen molar-refractivity contribution in [1.29, 1.82) is 0 Å². The Balaban J connectivity index is 0.000000163. The van der Waals surface area contributed by atoms with Crippen LogP contribution in [-0.2, 0) is 25.5 Å². The Labute approximate surface area is 347 Å². The van der Waals surface area contributed by atoms with E-state index in [1.165, 1.54) is 16.3 Å². The topological polar surface area (TPSA) is 57.0 Å². The molecule has 57 heavy (non-hydrogen) atoms. The molecule has 0 saturated heterocycles. The van der Waals surface area contributed by atoms with Gasteiger partial charge in [0, 0.05) is 42.8 Å². The third-order valence-electron chi connectivity index (χ3n) is 10.6. The summed E-state index contributed by atoms with van der Waals surface area (Å²) in [6, 6.07) is 50.3. The Morgan fingerprint density at radius 3 is 1.81 bits per heavy atom. The normalized spacial score (nSPS) is 12.0. The maximum absolute atomic E-state index is 6.30. The van der Waals surface area contributed by atoms with Crippen LogP contribution in [-0.4, -0.2) is 22.6 Å². The molecule has 0 N–H and O–H groups in total. The van der Waals surface area contributed by atoms with Gasteiger partial charge >= 0.3 is 0 Å². The number of hydrogen-bond donors (Lipinski definition) is 0. The Kier molecular flexibility index (Phi) is 9.89. The third-order valence-corrected chi connectivity index (χ3v) is 12.8. The van der Waals surface area contributed by atoms with Gasteiger partial charge in [0.15, 0.2) is 0 Å². The van der Waals surface area contributed by atoms with Crippen LogP contribution in [0.4, 0.5) is 0 Å². The maximum Gasteiger partial charge on any atom is 0.120 e. The van der Waals surface area contributed by atoms with Gasteiger partial charge in [-0.25, -0.2) is 0 Å². The van der Waals surface area contributed by atoms with E-state index < -0.39 is 8.07 Å². The number of fused-ring (bicyclic) bond motifs is 7. The minimum absolute atomic E-state index is 0. The molecule has 0 bridgehead atoms. The molecule has 4 heterocycles. The molecule has 0 aliphatic rings. The Bertz CT molecular complexity index is 3070. The molecule has 0 fully saturated rings. The van der Waals surface area contributed by atoms with Gasteiger partial charge in [0.1, 0.15) is 11.2 Å². The van der Waals surface area contributed by atoms with E-state index >= 15 is 0 Å². The summed E-state index contributed by atoms with van der Waals surface area (Å²) in [5.74, 6) is 0.833. The first-order chi connectivity index (χ1) is 27.0. The first kappa shape index (κ1) is 38.3. The number of imidazole rings is 1. The fourth-order valence-corrected chi connectivity index (χ4v) is 9.49. The van der Waals surface area contributed by atoms with Crippen molar-refractivity contribution >= 4 is 68.2 Å². The van der Waals surface area contributed by atoms with Crippen molar-refractivity contribution in [2.45, 2.75) is 52.8 Å². The van der Waals surface area contributed by atoms with E-state index in [1.54, 1.807) is 0 Å². The van der Waals surface area contributed by atoms with Gasteiger partial charge in [-0.15, -0.1) is 36.4 Å². The Morgan fingerprint density at radius 1 is 0.649 bits per heavy atom. The number of hydrogen-bond acceptors (Lipinski definition) is 4. The monoisotopic (exact) mass is 938 g/mol. The Hall–Kier alpha value is -5.59. The molecule has 6 aromatic carbocycles. The number of para-hydroxylation sites is 4. The summed E-state index contributed by atoms with van der Waals surface area (Å²) in [4.78, 5) is 9.76. The molecule has 5 nitrogen and oxygen atoms in total. The smallest absolute Gasteiger partial charge is 0.120 e. The summed E-state index contributed by atoms with van der Waals surface area (Å²) in [5.41, 5.74) is 12.0. The number of furan rings is 2. The van der Waals surface area contributed by atoms with Crippen molar-refractivity contribution in [3.8, 4) is 28.3 Å². The predicted octanol–water partition coefficient (Wildman–Crippen LogP) is 13.0. The zero-order valence-corrected chi connectivity index (χ0v) is 36.6. The van der Waals surface area contributed by atoms with Gasteiger partial charge in [-0.1, -0.05) is 135 Å². The molecule has 7 heteroatoms. The van der Waals surface area contributed by atoms with Gasteiger partial charge < -0.3 is 18.4 Å². The van der Waals surface area contributed by atoms with Crippen molar-refractivity contribution in [1.82, 2.24) is 14.5 Å². The van der Waals surface area contributed by atoms with Crippen LogP contribution in [0, 0.1) is 19.1 Å². The van der Waals surface area contributed by atoms with Crippen LogP contribution in [0.1, 0.15) is 31.9 Å². The average molecular weight is 938 g/mol. The molecule has 0 amide bonds. The minimum atomic E-state index is -1.38. The van der Waals surface area contributed by atoms with Gasteiger partial charge in [-0.2, -0.15) is 0 Å². The zero-order chi connectivity index (χ0) is 38.8. The fourth-order valence-electron chi connectivity index (χ4n) is 7.78. The summed E-state index contributed by atoms with van der Waals surface area (Å²) in [6.45, 7) is 15.9. The molecule has 10 aromatic rings. The van der Waals surface area contributed by atoms with Crippen LogP contribution in [0.15, 0.2) is 142 Å². The van der Waals surface area contributed by atoms with Gasteiger partial charge in [0.25, 0.3) is 0 Å². The predicted molar refractivity (Wildman–Crippen MR) is 235 cm³/mol. The first-order valence-electron chi connectivity index (χ1n) is 19.2. The minimum Gasteiger partial charge on any atom is -0.501 e. The number of rotatable bonds is 4. The van der Waals surface area contributed by atoms with Crippen LogP contribution < -0.4 is 5.19 Å². The SMILES string of the molecule is CC(C)(C)c1ccc(-n2c(-c3[c-]ccc4c3oc3ccccc34)nc3ccccc32)cc1.Cc1cc(-c2[c-]ccc3c2oc2ccccc23)ncc1[Si](C)(C)C.[Ir]. The number of nitrogens with zero attached hydrogens (tertiary/aromatic N) is 3. The van der Waals surface area contributed by atoms with Crippen molar-refractivity contribution in [2.24, 2.45) is 0 Å². The molecule has 4 aromatic heterocycles. The quantitative estimate of drug-likeness (QED) is 0.130. The number of aryl methyl sites for hydroxylation is 1. The third kappa shape index (κ3) is 6.95. The van der Waals surface area contributed by atoms with Crippen molar-refractivity contribution in [3.63, 3.8) is 0 Å². The van der Waals surface area contributed by atoms with Crippen LogP contribution in [0.3, 0.4) is 0 Å². The van der Waals surface area contributed by atoms with Crippen molar-refractivity contribution < 1.29 is 28.9 Å². The van der Waals surface area contributed by atoms with Gasteiger partial charge in [0.05, 0.1) is 36.1 Å². The van der Waals surface area contributed by atoms with Crippen LogP contribution in [0.2, 0.25) is 19.6 Å². The van der Waals surface area contributed by atoms with Gasteiger partial charge in [-0.05, 0) is 65.2 Å². The summed E-state index contributed by atoms with van der Waals surface area (Å²) in [7, 11) is -1.38. The molecular weight excluding hydrogens is 895 g/mol. The van der Waals surface area contributed by atoms with E-state index in [-0.39, 0.29) is 25.5 Å². The molecule has 1 radical (unpaired) electrons. The second-order valence-corrected chi connectivity index (χ2v) is 21.6. The van der Waals surface area contributed by atoms with E-state index in [9.17, 15) is 0 Å². The molecule has 285 valence electrons. The van der Waals surface area contributed by atoms with E-state index in [0.717, 1.165) is 83.2 Å². The second kappa shape index (κ2) is 14.7. The van der Waals surface area contributed by atoms with Gasteiger partial charge in [-0.3, -0.25) is 4.98 Å². The summed E-state index contributed by atoms with van der Waals surface area (Å²) in [6.07, 6.45) is 2.05. The van der Waals surface area contributed by atoms with Crippen LogP contribution >= 0.6 is 0 Å². The van der Waals surface area contributed by atoms with E-state index in [2.05, 4.69) is 137 Å². The summed E-state index contributed by atoms with van der Waals surface area (Å²) < 4.78 is 14.6. The summed E-state index contributed by atoms with van der Waals surface area (Å²) in [5, 5.41) is 5.85. The van der Waals surface area contributed by atoms with Crippen molar-refractivity contribution in [3.05, 3.63) is 157 Å². The van der Waals surface area contributed by atoms with E-state index in [4.69, 9.17) is 18.8 Å². The fraction of sp³-hybridized carbons (Fsp3) is 0.160. The largest absolute Gasteiger partial charge is 0.501 e. The van der Waals surface area contributed by atoms with Crippen LogP contribution in [0.25, 0.3) is 83.2 Å². The average Bonchev–Trinajstić information content (AvgIpc) is 3.89. The van der Waals surface area contributed by atoms with Crippen molar-refractivity contribution in [2.75, 3.05) is 0 Å². The molecule has 10 rings (SSSR count). The molecule has 0 saturated carbocycles. The van der Waals surface area contributed by atoms with Gasteiger partial charge in [0.2, 0.25) is 0 Å². The standard InChI is InChI=1S/C29H23N2O.C21H20NOSi.Ir/c1-29(2,3)19-15-17-20(18-16-19)31-25-13-6-5-12-24(25)30-28(31)23-11-8-10-22-21-9-4-7-14-26(21)32-27(22)23;1-14-12-18(22-13-20(14)24(2,3)4)17-10-7-9-16-15-8-5-6-11-19(15)23-21(16)17;/h4-10,12-18H,1-3H3;5-9,11-13H,1-4H3;/q2*-1;. The molecule has 0 unspecified atom stereocenters. The van der Waals surface area contributed by atoms with E-state index in [0.29, 0.717) is 0 Å². The molecule has 0 atom stereocenters. The molecule has 0 aliphatic carbocycles. The zero-order valence-electron chi connectivity index (χ0n) is 33.2. The molecule has 0 spiro atoms. The number of pyridine rings is 1. The first-order valence-corrected chi connectivity index (χ1v) is 22.7. The molecular formula is C50H43IrN3O2Si-2. The van der Waals surface area contributed by atoms with Crippen LogP contribution in [0.5, 0.6) is 0 Å². The maximum atomic E-state index is 6.30.